The van der Waals surface area contributed by atoms with E-state index in [0.717, 1.165) is 0 Å². The van der Waals surface area contributed by atoms with Gasteiger partial charge >= 0.3 is 0 Å². The van der Waals surface area contributed by atoms with Crippen LogP contribution in [-0.2, 0) is 14.6 Å². The predicted molar refractivity (Wildman–Crippen MR) is 60.3 cm³/mol. The molecular weight excluding hydrogens is 228 g/mol. The molecule has 0 heterocycles. The van der Waals surface area contributed by atoms with Crippen LogP contribution in [0.5, 0.6) is 5.75 Å². The number of methoxy groups -OCH3 is 1. The molecule has 0 aliphatic rings. The van der Waals surface area contributed by atoms with Gasteiger partial charge in [-0.15, -0.1) is 0 Å². The van der Waals surface area contributed by atoms with Gasteiger partial charge in [0, 0.05) is 0 Å². The molecule has 1 aromatic carbocycles. The lowest BCUT2D eigenvalue weighted by Gasteiger charge is -2.19. The molecule has 0 saturated heterocycles. The van der Waals surface area contributed by atoms with E-state index in [1.165, 1.54) is 27.0 Å². The molecule has 1 aromatic rings. The van der Waals surface area contributed by atoms with Gasteiger partial charge in [-0.05, 0) is 26.0 Å². The second kappa shape index (κ2) is 4.25. The first-order valence-electron chi connectivity index (χ1n) is 4.71. The molecule has 0 amide bonds. The van der Waals surface area contributed by atoms with E-state index < -0.39 is 14.6 Å². The van der Waals surface area contributed by atoms with Gasteiger partial charge in [-0.2, -0.15) is 0 Å². The molecule has 0 unspecified atom stereocenters. The predicted octanol–water partition coefficient (Wildman–Crippen LogP) is 1.45. The van der Waals surface area contributed by atoms with Crippen LogP contribution < -0.4 is 4.74 Å². The Morgan fingerprint density at radius 3 is 2.31 bits per heavy atom. The molecule has 4 nitrogen and oxygen atoms in total. The molecule has 0 aliphatic carbocycles. The number of carbonyl (C=O) groups is 1. The number of benzene rings is 1. The quantitative estimate of drug-likeness (QED) is 0.750. The van der Waals surface area contributed by atoms with Crippen LogP contribution in [0.3, 0.4) is 0 Å². The molecule has 0 N–H and O–H groups in total. The number of hydrogen-bond acceptors (Lipinski definition) is 4. The third-order valence-corrected chi connectivity index (χ3v) is 4.73. The number of hydrogen-bond donors (Lipinski definition) is 0. The first-order valence-corrected chi connectivity index (χ1v) is 6.19. The Balaban J connectivity index is 3.44. The highest BCUT2D eigenvalue weighted by Gasteiger charge is 2.37. The summed E-state index contributed by atoms with van der Waals surface area (Å²) in [6.07, 6.45) is 0.425. The second-order valence-corrected chi connectivity index (χ2v) is 6.37. The average Bonchev–Trinajstić information content (AvgIpc) is 2.28. The van der Waals surface area contributed by atoms with Gasteiger partial charge in [-0.1, -0.05) is 12.1 Å². The van der Waals surface area contributed by atoms with E-state index in [0.29, 0.717) is 6.29 Å². The summed E-state index contributed by atoms with van der Waals surface area (Å²) < 4.78 is 27.8. The molecule has 0 saturated carbocycles. The van der Waals surface area contributed by atoms with E-state index in [1.54, 1.807) is 18.2 Å². The van der Waals surface area contributed by atoms with Crippen molar-refractivity contribution in [2.45, 2.75) is 23.5 Å². The van der Waals surface area contributed by atoms with Crippen LogP contribution >= 0.6 is 0 Å². The van der Waals surface area contributed by atoms with Gasteiger partial charge < -0.3 is 9.53 Å². The lowest BCUT2D eigenvalue weighted by molar-refractivity contribution is -0.109. The van der Waals surface area contributed by atoms with E-state index in [1.807, 2.05) is 0 Å². The zero-order chi connectivity index (χ0) is 12.4. The second-order valence-electron chi connectivity index (χ2n) is 3.88. The topological polar surface area (TPSA) is 60.4 Å². The Morgan fingerprint density at radius 1 is 1.25 bits per heavy atom. The number of sulfone groups is 1. The minimum absolute atomic E-state index is 0.0367. The van der Waals surface area contributed by atoms with Crippen LogP contribution in [0.15, 0.2) is 29.2 Å². The van der Waals surface area contributed by atoms with Crippen LogP contribution in [0.4, 0.5) is 0 Å². The molecule has 0 aliphatic heterocycles. The summed E-state index contributed by atoms with van der Waals surface area (Å²) in [5.41, 5.74) is 0. The van der Waals surface area contributed by atoms with Gasteiger partial charge in [-0.3, -0.25) is 0 Å². The number of rotatable bonds is 4. The third kappa shape index (κ3) is 1.95. The van der Waals surface area contributed by atoms with Crippen molar-refractivity contribution in [2.24, 2.45) is 0 Å². The normalized spacial score (nSPS) is 12.2. The van der Waals surface area contributed by atoms with Crippen molar-refractivity contribution in [1.29, 1.82) is 0 Å². The van der Waals surface area contributed by atoms with Crippen LogP contribution in [0.25, 0.3) is 0 Å². The molecule has 0 atom stereocenters. The van der Waals surface area contributed by atoms with Crippen molar-refractivity contribution in [3.8, 4) is 5.75 Å². The average molecular weight is 242 g/mol. The molecule has 0 aromatic heterocycles. The van der Waals surface area contributed by atoms with Gasteiger partial charge in [0.2, 0.25) is 0 Å². The molecule has 1 rings (SSSR count). The van der Waals surface area contributed by atoms with Gasteiger partial charge in [-0.25, -0.2) is 8.42 Å². The van der Waals surface area contributed by atoms with Crippen molar-refractivity contribution in [1.82, 2.24) is 0 Å². The number of ether oxygens (including phenoxy) is 1. The summed E-state index contributed by atoms with van der Waals surface area (Å²) in [6, 6.07) is 6.25. The summed E-state index contributed by atoms with van der Waals surface area (Å²) in [5, 5.41) is 0. The Hall–Kier alpha value is -1.36. The summed E-state index contributed by atoms with van der Waals surface area (Å²) in [4.78, 5) is 10.9. The van der Waals surface area contributed by atoms with Crippen LogP contribution in [0.2, 0.25) is 0 Å². The molecule has 88 valence electrons. The fourth-order valence-electron chi connectivity index (χ4n) is 1.19. The molecule has 0 fully saturated rings. The molecular formula is C11H14O4S. The van der Waals surface area contributed by atoms with E-state index >= 15 is 0 Å². The minimum atomic E-state index is -3.72. The fourth-order valence-corrected chi connectivity index (χ4v) is 2.55. The lowest BCUT2D eigenvalue weighted by Crippen LogP contribution is -2.33. The highest BCUT2D eigenvalue weighted by molar-refractivity contribution is 7.93. The zero-order valence-corrected chi connectivity index (χ0v) is 10.2. The molecule has 16 heavy (non-hydrogen) atoms. The first kappa shape index (κ1) is 12.7. The molecule has 0 bridgehead atoms. The van der Waals surface area contributed by atoms with Crippen molar-refractivity contribution < 1.29 is 17.9 Å². The first-order chi connectivity index (χ1) is 7.36. The largest absolute Gasteiger partial charge is 0.495 e. The van der Waals surface area contributed by atoms with E-state index in [2.05, 4.69) is 0 Å². The Morgan fingerprint density at radius 2 is 1.81 bits per heavy atom. The summed E-state index contributed by atoms with van der Waals surface area (Å²) in [5.74, 6) is 0.248. The number of para-hydroxylation sites is 1. The van der Waals surface area contributed by atoms with Crippen LogP contribution in [0.1, 0.15) is 13.8 Å². The molecule has 5 heteroatoms. The SMILES string of the molecule is COc1ccccc1S(=O)(=O)C(C)(C)C=O. The molecule has 0 radical (unpaired) electrons. The van der Waals surface area contributed by atoms with Crippen LogP contribution in [-0.4, -0.2) is 26.6 Å². The van der Waals surface area contributed by atoms with Gasteiger partial charge in [0.15, 0.2) is 9.84 Å². The van der Waals surface area contributed by atoms with Crippen molar-refractivity contribution >= 4 is 16.1 Å². The highest BCUT2D eigenvalue weighted by Crippen LogP contribution is 2.30. The summed E-state index contributed by atoms with van der Waals surface area (Å²) in [6.45, 7) is 2.73. The Kier molecular flexibility index (Phi) is 3.38. The van der Waals surface area contributed by atoms with E-state index in [9.17, 15) is 13.2 Å². The van der Waals surface area contributed by atoms with Gasteiger partial charge in [0.1, 0.15) is 21.7 Å². The van der Waals surface area contributed by atoms with Crippen molar-refractivity contribution in [3.63, 3.8) is 0 Å². The Bertz CT molecular complexity index is 488. The third-order valence-electron chi connectivity index (χ3n) is 2.34. The number of aldehydes is 1. The molecule has 0 spiro atoms. The van der Waals surface area contributed by atoms with E-state index in [-0.39, 0.29) is 10.6 Å². The Labute approximate surface area is 95.2 Å². The van der Waals surface area contributed by atoms with Gasteiger partial charge in [0.05, 0.1) is 7.11 Å². The van der Waals surface area contributed by atoms with Gasteiger partial charge in [0.25, 0.3) is 0 Å². The van der Waals surface area contributed by atoms with Crippen molar-refractivity contribution in [2.75, 3.05) is 7.11 Å². The summed E-state index contributed by atoms with van der Waals surface area (Å²) in [7, 11) is -2.33. The highest BCUT2D eigenvalue weighted by atomic mass is 32.2. The van der Waals surface area contributed by atoms with Crippen LogP contribution in [0, 0.1) is 0 Å². The maximum absolute atomic E-state index is 12.2. The monoisotopic (exact) mass is 242 g/mol. The summed E-state index contributed by atoms with van der Waals surface area (Å²) >= 11 is 0. The fraction of sp³-hybridized carbons (Fsp3) is 0.364. The zero-order valence-electron chi connectivity index (χ0n) is 9.43. The maximum atomic E-state index is 12.2. The smallest absolute Gasteiger partial charge is 0.193 e. The standard InChI is InChI=1S/C11H14O4S/c1-11(2,8-12)16(13,14)10-7-5-4-6-9(10)15-3/h4-8H,1-3H3. The van der Waals surface area contributed by atoms with Crippen molar-refractivity contribution in [3.05, 3.63) is 24.3 Å². The minimum Gasteiger partial charge on any atom is -0.495 e. The number of carbonyl (C=O) groups excluding carboxylic acids is 1. The van der Waals surface area contributed by atoms with E-state index in [4.69, 9.17) is 4.74 Å². The lowest BCUT2D eigenvalue weighted by atomic mass is 10.2. The maximum Gasteiger partial charge on any atom is 0.193 e.